The van der Waals surface area contributed by atoms with Crippen molar-refractivity contribution in [3.63, 3.8) is 0 Å². The fraction of sp³-hybridized carbons (Fsp3) is 0.333. The van der Waals surface area contributed by atoms with E-state index in [4.69, 9.17) is 18.9 Å². The van der Waals surface area contributed by atoms with Crippen molar-refractivity contribution in [2.45, 2.75) is 11.6 Å². The Bertz CT molecular complexity index is 976. The molecule has 0 spiro atoms. The molecule has 0 fully saturated rings. The van der Waals surface area contributed by atoms with Crippen molar-refractivity contribution < 1.29 is 18.9 Å². The van der Waals surface area contributed by atoms with E-state index < -0.39 is 0 Å². The van der Waals surface area contributed by atoms with Crippen LogP contribution in [-0.4, -0.2) is 47.4 Å². The molecule has 1 aromatic heterocycles. The molecule has 1 aliphatic rings. The maximum absolute atomic E-state index is 5.82. The van der Waals surface area contributed by atoms with Crippen LogP contribution < -0.4 is 18.9 Å². The van der Waals surface area contributed by atoms with Crippen LogP contribution in [0, 0.1) is 0 Å². The Morgan fingerprint density at radius 1 is 1.03 bits per heavy atom. The van der Waals surface area contributed by atoms with Gasteiger partial charge in [-0.2, -0.15) is 0 Å². The van der Waals surface area contributed by atoms with Gasteiger partial charge in [0.2, 0.25) is 0 Å². The maximum Gasteiger partial charge on any atom is 0.191 e. The molecule has 0 saturated heterocycles. The molecule has 0 bridgehead atoms. The van der Waals surface area contributed by atoms with Gasteiger partial charge in [-0.25, -0.2) is 0 Å². The Morgan fingerprint density at radius 2 is 1.83 bits per heavy atom. The number of benzene rings is 2. The minimum atomic E-state index is 0.539. The van der Waals surface area contributed by atoms with Gasteiger partial charge in [0.05, 0.1) is 26.9 Å². The quantitative estimate of drug-likeness (QED) is 0.431. The zero-order valence-electron chi connectivity index (χ0n) is 16.5. The average molecular weight is 413 g/mol. The second kappa shape index (κ2) is 9.09. The highest BCUT2D eigenvalue weighted by molar-refractivity contribution is 7.99. The van der Waals surface area contributed by atoms with Gasteiger partial charge in [-0.1, -0.05) is 23.9 Å². The van der Waals surface area contributed by atoms with E-state index in [-0.39, 0.29) is 0 Å². The van der Waals surface area contributed by atoms with E-state index in [1.54, 1.807) is 18.9 Å². The third-order valence-electron chi connectivity index (χ3n) is 4.48. The highest BCUT2D eigenvalue weighted by Crippen LogP contribution is 2.34. The van der Waals surface area contributed by atoms with Gasteiger partial charge in [0.1, 0.15) is 0 Å². The molecule has 0 N–H and O–H groups in total. The van der Waals surface area contributed by atoms with Crippen molar-refractivity contribution in [1.82, 2.24) is 14.8 Å². The van der Waals surface area contributed by atoms with Crippen LogP contribution in [-0.2, 0) is 7.05 Å². The summed E-state index contributed by atoms with van der Waals surface area (Å²) in [6, 6.07) is 13.5. The normalized spacial score (nSPS) is 13.0. The van der Waals surface area contributed by atoms with Crippen LogP contribution in [0.15, 0.2) is 47.6 Å². The zero-order chi connectivity index (χ0) is 20.1. The molecule has 0 aliphatic carbocycles. The number of aromatic nitrogens is 3. The molecule has 0 saturated carbocycles. The number of hydrogen-bond donors (Lipinski definition) is 0. The van der Waals surface area contributed by atoms with Crippen molar-refractivity contribution in [3.8, 4) is 34.4 Å². The summed E-state index contributed by atoms with van der Waals surface area (Å²) >= 11 is 1.59. The van der Waals surface area contributed by atoms with Crippen molar-refractivity contribution in [2.75, 3.05) is 32.7 Å². The molecule has 7 nitrogen and oxygen atoms in total. The molecule has 152 valence electrons. The number of thioether (sulfide) groups is 1. The van der Waals surface area contributed by atoms with E-state index in [0.29, 0.717) is 19.8 Å². The molecule has 0 radical (unpaired) electrons. The topological polar surface area (TPSA) is 67.6 Å². The van der Waals surface area contributed by atoms with Gasteiger partial charge in [0.15, 0.2) is 34.0 Å². The fourth-order valence-corrected chi connectivity index (χ4v) is 3.74. The van der Waals surface area contributed by atoms with Crippen LogP contribution >= 0.6 is 11.8 Å². The Hall–Kier alpha value is -2.87. The van der Waals surface area contributed by atoms with Crippen LogP contribution in [0.4, 0.5) is 0 Å². The molecule has 1 aliphatic heterocycles. The number of fused-ring (bicyclic) bond motifs is 1. The number of hydrogen-bond acceptors (Lipinski definition) is 7. The number of nitrogens with zero attached hydrogens (tertiary/aromatic N) is 3. The maximum atomic E-state index is 5.82. The van der Waals surface area contributed by atoms with Gasteiger partial charge in [0.25, 0.3) is 0 Å². The summed E-state index contributed by atoms with van der Waals surface area (Å²) in [5.74, 6) is 4.52. The predicted molar refractivity (Wildman–Crippen MR) is 111 cm³/mol. The summed E-state index contributed by atoms with van der Waals surface area (Å²) in [6.07, 6.45) is 0.881. The lowest BCUT2D eigenvalue weighted by atomic mass is 10.2. The van der Waals surface area contributed by atoms with Crippen LogP contribution in [0.2, 0.25) is 0 Å². The molecular formula is C21H23N3O4S. The molecule has 29 heavy (non-hydrogen) atoms. The molecule has 0 unspecified atom stereocenters. The summed E-state index contributed by atoms with van der Waals surface area (Å²) in [6.45, 7) is 1.87. The predicted octanol–water partition coefficient (Wildman–Crippen LogP) is 3.82. The highest BCUT2D eigenvalue weighted by Gasteiger charge is 2.16. The first-order valence-electron chi connectivity index (χ1n) is 9.44. The largest absolute Gasteiger partial charge is 0.493 e. The smallest absolute Gasteiger partial charge is 0.191 e. The molecule has 4 rings (SSSR count). The number of ether oxygens (including phenoxy) is 4. The van der Waals surface area contributed by atoms with E-state index in [1.807, 2.05) is 54.1 Å². The molecule has 0 amide bonds. The molecular weight excluding hydrogens is 390 g/mol. The molecule has 0 atom stereocenters. The number of methoxy groups -OCH3 is 1. The summed E-state index contributed by atoms with van der Waals surface area (Å²) in [7, 11) is 3.60. The van der Waals surface area contributed by atoms with E-state index >= 15 is 0 Å². The lowest BCUT2D eigenvalue weighted by molar-refractivity contribution is 0.297. The van der Waals surface area contributed by atoms with Gasteiger partial charge in [-0.3, -0.25) is 0 Å². The standard InChI is InChI=1S/C21H23N3O4S/c1-24-20(15-8-9-18-19(14-15)27-11-5-10-26-18)22-23-21(24)29-13-12-28-17-7-4-3-6-16(17)25-2/h3-4,6-9,14H,5,10-13H2,1-2H3. The third kappa shape index (κ3) is 4.42. The van der Waals surface area contributed by atoms with Crippen molar-refractivity contribution in [3.05, 3.63) is 42.5 Å². The Balaban J connectivity index is 1.39. The lowest BCUT2D eigenvalue weighted by Crippen LogP contribution is -2.03. The van der Waals surface area contributed by atoms with Crippen LogP contribution in [0.5, 0.6) is 23.0 Å². The van der Waals surface area contributed by atoms with Gasteiger partial charge >= 0.3 is 0 Å². The average Bonchev–Trinajstić information content (AvgIpc) is 2.96. The third-order valence-corrected chi connectivity index (χ3v) is 5.47. The molecule has 8 heteroatoms. The fourth-order valence-electron chi connectivity index (χ4n) is 3.02. The van der Waals surface area contributed by atoms with Gasteiger partial charge in [-0.05, 0) is 30.3 Å². The Kier molecular flexibility index (Phi) is 6.09. The van der Waals surface area contributed by atoms with Crippen LogP contribution in [0.25, 0.3) is 11.4 Å². The Labute approximate surface area is 173 Å². The summed E-state index contributed by atoms with van der Waals surface area (Å²) in [4.78, 5) is 0. The summed E-state index contributed by atoms with van der Waals surface area (Å²) in [5, 5.41) is 9.51. The van der Waals surface area contributed by atoms with Crippen molar-refractivity contribution in [1.29, 1.82) is 0 Å². The van der Waals surface area contributed by atoms with Gasteiger partial charge in [-0.15, -0.1) is 10.2 Å². The van der Waals surface area contributed by atoms with Gasteiger partial charge < -0.3 is 23.5 Å². The van der Waals surface area contributed by atoms with E-state index in [9.17, 15) is 0 Å². The SMILES string of the molecule is COc1ccccc1OCCSc1nnc(-c2ccc3c(c2)OCCCO3)n1C. The first kappa shape index (κ1) is 19.4. The Morgan fingerprint density at radius 3 is 2.66 bits per heavy atom. The minimum absolute atomic E-state index is 0.539. The first-order chi connectivity index (χ1) is 14.3. The molecule has 3 aromatic rings. The minimum Gasteiger partial charge on any atom is -0.493 e. The van der Waals surface area contributed by atoms with Crippen molar-refractivity contribution >= 4 is 11.8 Å². The number of para-hydroxylation sites is 2. The van der Waals surface area contributed by atoms with Gasteiger partial charge in [0, 0.05) is 24.8 Å². The summed E-state index contributed by atoms with van der Waals surface area (Å²) < 4.78 is 24.6. The van der Waals surface area contributed by atoms with E-state index in [0.717, 1.165) is 51.7 Å². The van der Waals surface area contributed by atoms with Crippen LogP contribution in [0.1, 0.15) is 6.42 Å². The first-order valence-corrected chi connectivity index (χ1v) is 10.4. The number of rotatable bonds is 7. The lowest BCUT2D eigenvalue weighted by Gasteiger charge is -2.10. The second-order valence-electron chi connectivity index (χ2n) is 6.42. The van der Waals surface area contributed by atoms with Crippen LogP contribution in [0.3, 0.4) is 0 Å². The monoisotopic (exact) mass is 413 g/mol. The van der Waals surface area contributed by atoms with E-state index in [1.165, 1.54) is 0 Å². The molecule has 2 aromatic carbocycles. The van der Waals surface area contributed by atoms with E-state index in [2.05, 4.69) is 10.2 Å². The highest BCUT2D eigenvalue weighted by atomic mass is 32.2. The zero-order valence-corrected chi connectivity index (χ0v) is 17.3. The summed E-state index contributed by atoms with van der Waals surface area (Å²) in [5.41, 5.74) is 0.946. The van der Waals surface area contributed by atoms with Crippen molar-refractivity contribution in [2.24, 2.45) is 7.05 Å². The molecule has 2 heterocycles. The second-order valence-corrected chi connectivity index (χ2v) is 7.49.